The first-order valence-electron chi connectivity index (χ1n) is 10.9. The van der Waals surface area contributed by atoms with E-state index in [0.717, 1.165) is 0 Å². The van der Waals surface area contributed by atoms with Crippen LogP contribution in [0.2, 0.25) is 0 Å². The molecule has 0 aliphatic heterocycles. The summed E-state index contributed by atoms with van der Waals surface area (Å²) in [5, 5.41) is 21.1. The van der Waals surface area contributed by atoms with Crippen LogP contribution in [0.1, 0.15) is 32.1 Å². The lowest BCUT2D eigenvalue weighted by atomic mass is 10.1. The molecule has 4 aromatic rings. The first-order valence-corrected chi connectivity index (χ1v) is 10.9. The molecule has 4 rings (SSSR count). The number of amides is 2. The molecular weight excluding hydrogens is 462 g/mol. The van der Waals surface area contributed by atoms with Crippen molar-refractivity contribution in [3.8, 4) is 5.69 Å². The van der Waals surface area contributed by atoms with Crippen molar-refractivity contribution in [2.75, 3.05) is 10.6 Å². The molecule has 2 N–H and O–H groups in total. The zero-order valence-electron chi connectivity index (χ0n) is 19.4. The fourth-order valence-electron chi connectivity index (χ4n) is 3.62. The number of benzene rings is 3. The fourth-order valence-corrected chi connectivity index (χ4v) is 3.62. The van der Waals surface area contributed by atoms with Gasteiger partial charge in [0, 0.05) is 34.8 Å². The monoisotopic (exact) mass is 483 g/mol. The highest BCUT2D eigenvalue weighted by atomic mass is 16.6. The summed E-state index contributed by atoms with van der Waals surface area (Å²) in [6.45, 7) is 3.28. The number of aromatic nitrogens is 2. The van der Waals surface area contributed by atoms with Gasteiger partial charge in [-0.15, -0.1) is 0 Å². The number of nitro benzene ring substituents is 1. The molecule has 0 spiro atoms. The van der Waals surface area contributed by atoms with Gasteiger partial charge in [0.15, 0.2) is 5.69 Å². The van der Waals surface area contributed by atoms with Gasteiger partial charge in [0.2, 0.25) is 5.43 Å². The van der Waals surface area contributed by atoms with Gasteiger partial charge in [-0.2, -0.15) is 5.10 Å². The predicted octanol–water partition coefficient (Wildman–Crippen LogP) is 4.26. The third-order valence-corrected chi connectivity index (χ3v) is 5.50. The molecule has 36 heavy (non-hydrogen) atoms. The Labute approximate surface area is 205 Å². The van der Waals surface area contributed by atoms with Crippen molar-refractivity contribution in [1.29, 1.82) is 0 Å². The Balaban J connectivity index is 1.64. The van der Waals surface area contributed by atoms with Crippen LogP contribution in [0.25, 0.3) is 5.69 Å². The molecule has 180 valence electrons. The summed E-state index contributed by atoms with van der Waals surface area (Å²) in [6.07, 6.45) is 0. The maximum atomic E-state index is 13.0. The Bertz CT molecular complexity index is 1550. The summed E-state index contributed by atoms with van der Waals surface area (Å²) in [6, 6.07) is 20.7. The highest BCUT2D eigenvalue weighted by molar-refractivity contribution is 6.06. The first kappa shape index (κ1) is 24.0. The van der Waals surface area contributed by atoms with Crippen molar-refractivity contribution in [2.24, 2.45) is 0 Å². The van der Waals surface area contributed by atoms with E-state index in [1.807, 2.05) is 0 Å². The second-order valence-corrected chi connectivity index (χ2v) is 7.91. The number of nitrogens with zero attached hydrogens (tertiary/aromatic N) is 3. The molecule has 0 aliphatic carbocycles. The van der Waals surface area contributed by atoms with E-state index in [0.29, 0.717) is 28.2 Å². The van der Waals surface area contributed by atoms with Gasteiger partial charge in [0.1, 0.15) is 5.69 Å². The lowest BCUT2D eigenvalue weighted by molar-refractivity contribution is -0.384. The van der Waals surface area contributed by atoms with Gasteiger partial charge < -0.3 is 10.6 Å². The molecule has 0 fully saturated rings. The van der Waals surface area contributed by atoms with Gasteiger partial charge in [-0.25, -0.2) is 4.68 Å². The van der Waals surface area contributed by atoms with Gasteiger partial charge in [0.25, 0.3) is 17.5 Å². The standard InChI is InChI=1S/C26H21N5O5/c1-16-15-23(32)24(29-30(16)21-13-6-7-14-22(21)31(35)36)26(34)28-20-12-8-11-19(17(20)2)27-25(33)18-9-4-3-5-10-18/h3-15H,1-2H3,(H,27,33)(H,28,34). The summed E-state index contributed by atoms with van der Waals surface area (Å²) < 4.78 is 1.19. The molecule has 0 aliphatic rings. The number of anilines is 2. The van der Waals surface area contributed by atoms with Gasteiger partial charge in [-0.05, 0) is 49.7 Å². The van der Waals surface area contributed by atoms with Gasteiger partial charge in [-0.1, -0.05) is 36.4 Å². The van der Waals surface area contributed by atoms with Crippen LogP contribution in [0, 0.1) is 24.0 Å². The van der Waals surface area contributed by atoms with Gasteiger partial charge in [-0.3, -0.25) is 24.5 Å². The lowest BCUT2D eigenvalue weighted by Crippen LogP contribution is -2.27. The number of carbonyl (C=O) groups excluding carboxylic acids is 2. The highest BCUT2D eigenvalue weighted by Crippen LogP contribution is 2.25. The molecule has 0 radical (unpaired) electrons. The first-order chi connectivity index (χ1) is 17.3. The lowest BCUT2D eigenvalue weighted by Gasteiger charge is -2.14. The summed E-state index contributed by atoms with van der Waals surface area (Å²) in [5.41, 5.74) is 1.06. The van der Waals surface area contributed by atoms with E-state index in [1.165, 1.54) is 28.9 Å². The van der Waals surface area contributed by atoms with E-state index in [2.05, 4.69) is 15.7 Å². The van der Waals surface area contributed by atoms with Crippen LogP contribution >= 0.6 is 0 Å². The van der Waals surface area contributed by atoms with Crippen LogP contribution in [-0.2, 0) is 0 Å². The third-order valence-electron chi connectivity index (χ3n) is 5.50. The molecule has 0 bridgehead atoms. The SMILES string of the molecule is Cc1c(NC(=O)c2ccccc2)cccc1NC(=O)c1nn(-c2ccccc2[N+](=O)[O-])c(C)cc1=O. The Morgan fingerprint density at radius 2 is 1.47 bits per heavy atom. The number of nitro groups is 1. The van der Waals surface area contributed by atoms with Gasteiger partial charge in [0.05, 0.1) is 4.92 Å². The van der Waals surface area contributed by atoms with Gasteiger partial charge >= 0.3 is 0 Å². The zero-order valence-corrected chi connectivity index (χ0v) is 19.4. The van der Waals surface area contributed by atoms with Crippen molar-refractivity contribution in [3.63, 3.8) is 0 Å². The molecule has 2 amide bonds. The maximum Gasteiger partial charge on any atom is 0.294 e. The second kappa shape index (κ2) is 10.0. The number of para-hydroxylation sites is 2. The molecule has 0 unspecified atom stereocenters. The number of rotatable bonds is 6. The number of hydrogen-bond donors (Lipinski definition) is 2. The molecule has 0 saturated heterocycles. The average Bonchev–Trinajstić information content (AvgIpc) is 2.87. The van der Waals surface area contributed by atoms with Crippen LogP contribution in [0.5, 0.6) is 0 Å². The molecule has 1 aromatic heterocycles. The van der Waals surface area contributed by atoms with Crippen molar-refractivity contribution < 1.29 is 14.5 Å². The topological polar surface area (TPSA) is 136 Å². The summed E-state index contributed by atoms with van der Waals surface area (Å²) in [7, 11) is 0. The Morgan fingerprint density at radius 1 is 0.861 bits per heavy atom. The van der Waals surface area contributed by atoms with Crippen molar-refractivity contribution in [3.05, 3.63) is 122 Å². The Hall–Kier alpha value is -5.12. The van der Waals surface area contributed by atoms with Crippen LogP contribution in [-0.4, -0.2) is 26.5 Å². The van der Waals surface area contributed by atoms with Crippen LogP contribution in [0.4, 0.5) is 17.1 Å². The third kappa shape index (κ3) is 4.87. The number of nitrogens with one attached hydrogen (secondary N) is 2. The van der Waals surface area contributed by atoms with E-state index in [-0.39, 0.29) is 17.3 Å². The van der Waals surface area contributed by atoms with Crippen molar-refractivity contribution in [1.82, 2.24) is 9.78 Å². The van der Waals surface area contributed by atoms with Crippen molar-refractivity contribution in [2.45, 2.75) is 13.8 Å². The predicted molar refractivity (Wildman–Crippen MR) is 135 cm³/mol. The summed E-state index contributed by atoms with van der Waals surface area (Å²) in [5.74, 6) is -1.10. The van der Waals surface area contributed by atoms with E-state index in [9.17, 15) is 24.5 Å². The molecule has 0 atom stereocenters. The van der Waals surface area contributed by atoms with E-state index in [1.54, 1.807) is 68.4 Å². The average molecular weight is 483 g/mol. The van der Waals surface area contributed by atoms with E-state index in [4.69, 9.17) is 0 Å². The number of carbonyl (C=O) groups is 2. The zero-order chi connectivity index (χ0) is 25.8. The molecular formula is C26H21N5O5. The molecule has 3 aromatic carbocycles. The van der Waals surface area contributed by atoms with E-state index < -0.39 is 22.0 Å². The number of hydrogen-bond acceptors (Lipinski definition) is 6. The molecule has 0 saturated carbocycles. The van der Waals surface area contributed by atoms with Crippen LogP contribution in [0.3, 0.4) is 0 Å². The fraction of sp³-hybridized carbons (Fsp3) is 0.0769. The Kier molecular flexibility index (Phi) is 6.68. The van der Waals surface area contributed by atoms with E-state index >= 15 is 0 Å². The smallest absolute Gasteiger partial charge is 0.294 e. The largest absolute Gasteiger partial charge is 0.322 e. The maximum absolute atomic E-state index is 13.0. The minimum Gasteiger partial charge on any atom is -0.322 e. The molecule has 10 nitrogen and oxygen atoms in total. The number of aryl methyl sites for hydroxylation is 1. The Morgan fingerprint density at radius 3 is 2.14 bits per heavy atom. The highest BCUT2D eigenvalue weighted by Gasteiger charge is 2.21. The normalized spacial score (nSPS) is 10.5. The molecule has 1 heterocycles. The van der Waals surface area contributed by atoms with Crippen LogP contribution < -0.4 is 16.1 Å². The van der Waals surface area contributed by atoms with Crippen molar-refractivity contribution >= 4 is 28.9 Å². The summed E-state index contributed by atoms with van der Waals surface area (Å²) >= 11 is 0. The quantitative estimate of drug-likeness (QED) is 0.311. The minimum absolute atomic E-state index is 0.121. The second-order valence-electron chi connectivity index (χ2n) is 7.91. The van der Waals surface area contributed by atoms with Crippen LogP contribution in [0.15, 0.2) is 83.7 Å². The molecule has 10 heteroatoms. The summed E-state index contributed by atoms with van der Waals surface area (Å²) in [4.78, 5) is 49.1. The minimum atomic E-state index is -0.790.